The Morgan fingerprint density at radius 1 is 1.39 bits per heavy atom. The first-order valence-corrected chi connectivity index (χ1v) is 9.16. The van der Waals surface area contributed by atoms with E-state index in [4.69, 9.17) is 15.0 Å². The Balaban J connectivity index is 1.52. The topological polar surface area (TPSA) is 133 Å². The van der Waals surface area contributed by atoms with Crippen LogP contribution in [0.15, 0.2) is 51.1 Å². The second-order valence-corrected chi connectivity index (χ2v) is 6.51. The van der Waals surface area contributed by atoms with Gasteiger partial charge in [0.1, 0.15) is 17.3 Å². The van der Waals surface area contributed by atoms with Gasteiger partial charge in [0.15, 0.2) is 0 Å². The Morgan fingerprint density at radius 2 is 2.25 bits per heavy atom. The number of ether oxygens (including phenoxy) is 1. The molecule has 3 aromatic rings. The fourth-order valence-electron chi connectivity index (χ4n) is 2.16. The minimum atomic E-state index is -0.207. The molecular formula is C17H19N7O3S. The third-order valence-corrected chi connectivity index (χ3v) is 4.41. The normalized spacial score (nSPS) is 10.9. The van der Waals surface area contributed by atoms with Crippen molar-refractivity contribution in [3.05, 3.63) is 47.9 Å². The third kappa shape index (κ3) is 5.04. The summed E-state index contributed by atoms with van der Waals surface area (Å²) in [6.07, 6.45) is 1.50. The molecule has 0 bridgehead atoms. The van der Waals surface area contributed by atoms with Crippen LogP contribution in [0, 0.1) is 6.92 Å². The molecule has 10 nitrogen and oxygen atoms in total. The standard InChI is InChI=1S/C17H19N7O3S/c1-11-6-7-14(27-11)9-19-21-16-22-23-17(24(16)18)28-10-15(25)20-12-4-3-5-13(8-12)26-2/h3-9H,10,18H2,1-2H3,(H,20,25)(H,21,22)/b19-9+. The number of carbonyl (C=O) groups is 1. The molecule has 0 radical (unpaired) electrons. The molecule has 0 saturated heterocycles. The van der Waals surface area contributed by atoms with Crippen LogP contribution < -0.4 is 21.3 Å². The Kier molecular flexibility index (Phi) is 6.17. The number of thioether (sulfide) groups is 1. The van der Waals surface area contributed by atoms with E-state index in [1.165, 1.54) is 10.9 Å². The van der Waals surface area contributed by atoms with Gasteiger partial charge in [-0.15, -0.1) is 10.2 Å². The van der Waals surface area contributed by atoms with Crippen molar-refractivity contribution < 1.29 is 13.9 Å². The number of nitrogens with zero attached hydrogens (tertiary/aromatic N) is 4. The van der Waals surface area contributed by atoms with Crippen LogP contribution in [0.5, 0.6) is 5.75 Å². The third-order valence-electron chi connectivity index (χ3n) is 3.47. The van der Waals surface area contributed by atoms with Crippen molar-refractivity contribution in [1.82, 2.24) is 14.9 Å². The van der Waals surface area contributed by atoms with Gasteiger partial charge < -0.3 is 20.3 Å². The molecule has 3 rings (SSSR count). The first-order valence-electron chi connectivity index (χ1n) is 8.18. The number of hydrogen-bond donors (Lipinski definition) is 3. The van der Waals surface area contributed by atoms with Gasteiger partial charge in [-0.25, -0.2) is 10.1 Å². The van der Waals surface area contributed by atoms with Crippen LogP contribution >= 0.6 is 11.8 Å². The number of aromatic nitrogens is 3. The molecule has 1 aromatic carbocycles. The van der Waals surface area contributed by atoms with Crippen molar-refractivity contribution >= 4 is 35.5 Å². The predicted molar refractivity (Wildman–Crippen MR) is 107 cm³/mol. The number of amides is 1. The summed E-state index contributed by atoms with van der Waals surface area (Å²) in [7, 11) is 1.57. The van der Waals surface area contributed by atoms with E-state index in [2.05, 4.69) is 26.0 Å². The monoisotopic (exact) mass is 401 g/mol. The van der Waals surface area contributed by atoms with Crippen LogP contribution in [0.2, 0.25) is 0 Å². The highest BCUT2D eigenvalue weighted by Crippen LogP contribution is 2.19. The van der Waals surface area contributed by atoms with Gasteiger partial charge in [0.25, 0.3) is 5.95 Å². The SMILES string of the molecule is COc1cccc(NC(=O)CSc2nnc(N/N=C/c3ccc(C)o3)n2N)c1. The van der Waals surface area contributed by atoms with Crippen LogP contribution in [0.25, 0.3) is 0 Å². The number of carbonyl (C=O) groups excluding carboxylic acids is 1. The number of anilines is 2. The zero-order valence-electron chi connectivity index (χ0n) is 15.2. The van der Waals surface area contributed by atoms with E-state index in [9.17, 15) is 4.79 Å². The van der Waals surface area contributed by atoms with E-state index in [0.717, 1.165) is 17.5 Å². The number of nitrogens with one attached hydrogen (secondary N) is 2. The van der Waals surface area contributed by atoms with Gasteiger partial charge in [-0.2, -0.15) is 5.10 Å². The number of furan rings is 1. The summed E-state index contributed by atoms with van der Waals surface area (Å²) in [5.74, 6) is 8.11. The van der Waals surface area contributed by atoms with Crippen molar-refractivity contribution in [2.45, 2.75) is 12.1 Å². The summed E-state index contributed by atoms with van der Waals surface area (Å²) >= 11 is 1.15. The molecule has 0 fully saturated rings. The van der Waals surface area contributed by atoms with Gasteiger partial charge in [-0.3, -0.25) is 4.79 Å². The van der Waals surface area contributed by atoms with Gasteiger partial charge in [0.05, 0.1) is 19.1 Å². The molecule has 0 aliphatic carbocycles. The summed E-state index contributed by atoms with van der Waals surface area (Å²) < 4.78 is 11.7. The minimum Gasteiger partial charge on any atom is -0.497 e. The van der Waals surface area contributed by atoms with Gasteiger partial charge in [-0.1, -0.05) is 17.8 Å². The fraction of sp³-hybridized carbons (Fsp3) is 0.176. The Bertz CT molecular complexity index is 983. The second-order valence-electron chi connectivity index (χ2n) is 5.56. The molecule has 146 valence electrons. The average molecular weight is 401 g/mol. The lowest BCUT2D eigenvalue weighted by Crippen LogP contribution is -2.16. The molecule has 0 aliphatic rings. The molecule has 1 amide bonds. The van der Waals surface area contributed by atoms with Crippen LogP contribution in [0.1, 0.15) is 11.5 Å². The molecule has 2 heterocycles. The average Bonchev–Trinajstić information content (AvgIpc) is 3.26. The maximum atomic E-state index is 12.1. The molecule has 11 heteroatoms. The van der Waals surface area contributed by atoms with Crippen molar-refractivity contribution in [3.8, 4) is 5.75 Å². The largest absolute Gasteiger partial charge is 0.497 e. The highest BCUT2D eigenvalue weighted by Gasteiger charge is 2.12. The lowest BCUT2D eigenvalue weighted by atomic mass is 10.3. The lowest BCUT2D eigenvalue weighted by molar-refractivity contribution is -0.113. The summed E-state index contributed by atoms with van der Waals surface area (Å²) in [6, 6.07) is 10.7. The molecule has 0 spiro atoms. The van der Waals surface area contributed by atoms with Crippen LogP contribution in [-0.2, 0) is 4.79 Å². The summed E-state index contributed by atoms with van der Waals surface area (Å²) in [4.78, 5) is 12.1. The minimum absolute atomic E-state index is 0.113. The van der Waals surface area contributed by atoms with E-state index >= 15 is 0 Å². The van der Waals surface area contributed by atoms with Crippen molar-refractivity contribution in [1.29, 1.82) is 0 Å². The van der Waals surface area contributed by atoms with Crippen molar-refractivity contribution in [2.75, 3.05) is 29.4 Å². The van der Waals surface area contributed by atoms with Crippen LogP contribution in [-0.4, -0.2) is 39.9 Å². The number of nitrogens with two attached hydrogens (primary N) is 1. The molecule has 0 unspecified atom stereocenters. The van der Waals surface area contributed by atoms with Crippen LogP contribution in [0.4, 0.5) is 11.6 Å². The van der Waals surface area contributed by atoms with Crippen molar-refractivity contribution in [2.24, 2.45) is 5.10 Å². The molecule has 0 saturated carbocycles. The number of rotatable bonds is 8. The highest BCUT2D eigenvalue weighted by atomic mass is 32.2. The number of benzene rings is 1. The van der Waals surface area contributed by atoms with E-state index in [1.54, 1.807) is 37.4 Å². The van der Waals surface area contributed by atoms with E-state index < -0.39 is 0 Å². The van der Waals surface area contributed by atoms with E-state index in [-0.39, 0.29) is 17.6 Å². The number of aryl methyl sites for hydroxylation is 1. The zero-order chi connectivity index (χ0) is 19.9. The summed E-state index contributed by atoms with van der Waals surface area (Å²) in [5.41, 5.74) is 3.32. The molecule has 2 aromatic heterocycles. The van der Waals surface area contributed by atoms with Crippen LogP contribution in [0.3, 0.4) is 0 Å². The first kappa shape index (κ1) is 19.3. The molecule has 4 N–H and O–H groups in total. The maximum Gasteiger partial charge on any atom is 0.264 e. The molecule has 28 heavy (non-hydrogen) atoms. The Hall–Kier alpha value is -3.47. The van der Waals surface area contributed by atoms with Crippen molar-refractivity contribution in [3.63, 3.8) is 0 Å². The molecule has 0 atom stereocenters. The Labute approximate surface area is 165 Å². The summed E-state index contributed by atoms with van der Waals surface area (Å²) in [6.45, 7) is 1.84. The first-order chi connectivity index (χ1) is 13.5. The smallest absolute Gasteiger partial charge is 0.264 e. The van der Waals surface area contributed by atoms with E-state index in [1.807, 2.05) is 13.0 Å². The highest BCUT2D eigenvalue weighted by molar-refractivity contribution is 7.99. The number of methoxy groups -OCH3 is 1. The maximum absolute atomic E-state index is 12.1. The zero-order valence-corrected chi connectivity index (χ0v) is 16.1. The molecular weight excluding hydrogens is 382 g/mol. The van der Waals surface area contributed by atoms with Gasteiger partial charge >= 0.3 is 0 Å². The van der Waals surface area contributed by atoms with Gasteiger partial charge in [0, 0.05) is 11.8 Å². The van der Waals surface area contributed by atoms with E-state index in [0.29, 0.717) is 22.4 Å². The Morgan fingerprint density at radius 3 is 3.00 bits per heavy atom. The number of nitrogen functional groups attached to an aromatic ring is 1. The fourth-order valence-corrected chi connectivity index (χ4v) is 2.81. The van der Waals surface area contributed by atoms with Gasteiger partial charge in [0.2, 0.25) is 11.1 Å². The molecule has 0 aliphatic heterocycles. The second kappa shape index (κ2) is 8.95. The quantitative estimate of drug-likeness (QED) is 0.226. The van der Waals surface area contributed by atoms with Gasteiger partial charge in [-0.05, 0) is 31.2 Å². The predicted octanol–water partition coefficient (Wildman–Crippen LogP) is 2.08. The number of hydrazone groups is 1. The number of hydrogen-bond acceptors (Lipinski definition) is 9. The lowest BCUT2D eigenvalue weighted by Gasteiger charge is -2.06. The summed E-state index contributed by atoms with van der Waals surface area (Å²) in [5, 5.41) is 15.0.